The van der Waals surface area contributed by atoms with Crippen LogP contribution in [0.2, 0.25) is 0 Å². The van der Waals surface area contributed by atoms with E-state index >= 15 is 0 Å². The maximum absolute atomic E-state index is 13.4. The first-order valence-electron chi connectivity index (χ1n) is 16.6. The first kappa shape index (κ1) is 31.6. The predicted molar refractivity (Wildman–Crippen MR) is 160 cm³/mol. The van der Waals surface area contributed by atoms with E-state index in [-0.39, 0.29) is 71.5 Å². The first-order chi connectivity index (χ1) is 21.0. The highest BCUT2D eigenvalue weighted by atomic mass is 16.6. The van der Waals surface area contributed by atoms with Crippen LogP contribution in [0.1, 0.15) is 78.1 Å². The summed E-state index contributed by atoms with van der Waals surface area (Å²) in [6, 6.07) is 0. The van der Waals surface area contributed by atoms with E-state index in [9.17, 15) is 19.2 Å². The molecule has 4 aliphatic heterocycles. The Labute approximate surface area is 260 Å². The molecule has 6 aliphatic rings. The Morgan fingerprint density at radius 2 is 1.14 bits per heavy atom. The molecule has 0 aromatic heterocycles. The molecule has 0 spiro atoms. The summed E-state index contributed by atoms with van der Waals surface area (Å²) >= 11 is 0. The van der Waals surface area contributed by atoms with Crippen molar-refractivity contribution in [2.75, 3.05) is 26.3 Å². The fourth-order valence-electron chi connectivity index (χ4n) is 8.33. The number of rotatable bonds is 7. The van der Waals surface area contributed by atoms with Crippen LogP contribution in [0.25, 0.3) is 0 Å². The van der Waals surface area contributed by atoms with Gasteiger partial charge in [0.2, 0.25) is 11.8 Å². The molecule has 0 radical (unpaired) electrons. The smallest absolute Gasteiger partial charge is 0.223 e. The lowest BCUT2D eigenvalue weighted by Gasteiger charge is -2.30. The van der Waals surface area contributed by atoms with E-state index in [2.05, 4.69) is 23.8 Å². The van der Waals surface area contributed by atoms with Crippen molar-refractivity contribution in [3.05, 3.63) is 24.3 Å². The minimum Gasteiger partial charge on any atom is -0.375 e. The van der Waals surface area contributed by atoms with Gasteiger partial charge in [0.05, 0.1) is 24.4 Å². The minimum atomic E-state index is -0.529. The molecule has 0 unspecified atom stereocenters. The number of nitrogens with one attached hydrogen (secondary N) is 2. The van der Waals surface area contributed by atoms with Crippen molar-refractivity contribution in [1.29, 1.82) is 0 Å². The van der Waals surface area contributed by atoms with E-state index in [0.29, 0.717) is 76.0 Å². The number of hydrogen-bond donors (Lipinski definition) is 2. The number of allylic oxidation sites excluding steroid dienone is 2. The number of Topliss-reactive ketones (excluding diaryl/α,β-unsaturated/α-hetero) is 2. The Morgan fingerprint density at radius 1 is 0.727 bits per heavy atom. The SMILES string of the molecule is C=C1CC[C@H](C(=O)NCCCCNC(=O)[C@H]2CCC(=C)C(=O)C[C@@H]3O[C@]3(C)[C@H]3OCC[C@@H]23)[C@@H]2CCO[C@@H]2[C@@]2(C)O[C@H]2CC1=O. The normalized spacial score (nSPS) is 42.0. The number of hydrogen-bond acceptors (Lipinski definition) is 8. The molecule has 4 heterocycles. The number of ether oxygens (including phenoxy) is 4. The number of carbonyl (C=O) groups excluding carboxylic acids is 4. The number of epoxide rings is 2. The van der Waals surface area contributed by atoms with Gasteiger partial charge in [-0.15, -0.1) is 0 Å². The van der Waals surface area contributed by atoms with Gasteiger partial charge in [-0.1, -0.05) is 13.2 Å². The molecule has 2 saturated carbocycles. The lowest BCUT2D eigenvalue weighted by atomic mass is 9.76. The van der Waals surface area contributed by atoms with Crippen molar-refractivity contribution in [1.82, 2.24) is 10.6 Å². The van der Waals surface area contributed by atoms with E-state index in [4.69, 9.17) is 18.9 Å². The second-order valence-corrected chi connectivity index (χ2v) is 14.1. The molecule has 6 rings (SSSR count). The molecule has 6 fully saturated rings. The van der Waals surface area contributed by atoms with Gasteiger partial charge in [-0.05, 0) is 76.4 Å². The summed E-state index contributed by atoms with van der Waals surface area (Å²) in [4.78, 5) is 52.1. The predicted octanol–water partition coefficient (Wildman–Crippen LogP) is 2.98. The van der Waals surface area contributed by atoms with Gasteiger partial charge in [0, 0.05) is 62.8 Å². The standard InChI is InChI=1S/C34H48N2O8/c1-19-7-9-23(21-11-15-41-29(21)33(3)27(43-33)17-25(19)37)31(39)35-13-5-6-14-36-32(40)24-10-8-20(2)26(38)18-28-34(4,44-28)30-22(24)12-16-42-30/h21-24,27-30H,1-2,5-18H2,3-4H3,(H,35,39)(H,36,40)/t21-,22-,23-,24-,27-,28-,29-,30-,33-,34-/m0/s1. The van der Waals surface area contributed by atoms with Crippen LogP contribution in [-0.4, -0.2) is 85.3 Å². The molecule has 2 aliphatic carbocycles. The van der Waals surface area contributed by atoms with Gasteiger partial charge in [-0.3, -0.25) is 19.2 Å². The number of carbonyl (C=O) groups is 4. The number of amides is 2. The fraction of sp³-hybridized carbons (Fsp3) is 0.765. The number of unbranched alkanes of at least 4 members (excludes halogenated alkanes) is 1. The molecular weight excluding hydrogens is 564 g/mol. The second kappa shape index (κ2) is 12.4. The van der Waals surface area contributed by atoms with Crippen LogP contribution >= 0.6 is 0 Å². The highest BCUT2D eigenvalue weighted by Crippen LogP contribution is 2.52. The van der Waals surface area contributed by atoms with Crippen molar-refractivity contribution in [2.45, 2.75) is 114 Å². The summed E-state index contributed by atoms with van der Waals surface area (Å²) in [5.41, 5.74) is 0.0697. The molecular formula is C34H48N2O8. The van der Waals surface area contributed by atoms with Crippen LogP contribution in [0.5, 0.6) is 0 Å². The quantitative estimate of drug-likeness (QED) is 0.255. The lowest BCUT2D eigenvalue weighted by molar-refractivity contribution is -0.129. The maximum Gasteiger partial charge on any atom is 0.223 e. The maximum atomic E-state index is 13.4. The number of fused-ring (bicyclic) bond motifs is 6. The van der Waals surface area contributed by atoms with Crippen molar-refractivity contribution < 1.29 is 38.1 Å². The van der Waals surface area contributed by atoms with E-state index < -0.39 is 11.2 Å². The molecule has 242 valence electrons. The van der Waals surface area contributed by atoms with Gasteiger partial charge in [0.1, 0.15) is 11.2 Å². The Morgan fingerprint density at radius 3 is 1.55 bits per heavy atom. The van der Waals surface area contributed by atoms with Gasteiger partial charge in [-0.25, -0.2) is 0 Å². The van der Waals surface area contributed by atoms with E-state index in [1.54, 1.807) is 0 Å². The zero-order valence-corrected chi connectivity index (χ0v) is 26.2. The third-order valence-corrected chi connectivity index (χ3v) is 11.3. The first-order valence-corrected chi connectivity index (χ1v) is 16.6. The van der Waals surface area contributed by atoms with Crippen LogP contribution in [0.4, 0.5) is 0 Å². The van der Waals surface area contributed by atoms with E-state index in [1.807, 2.05) is 13.8 Å². The number of ketones is 2. The summed E-state index contributed by atoms with van der Waals surface area (Å²) < 4.78 is 24.1. The molecule has 10 nitrogen and oxygen atoms in total. The Hall–Kier alpha value is -2.40. The van der Waals surface area contributed by atoms with E-state index in [1.165, 1.54) is 0 Å². The van der Waals surface area contributed by atoms with Crippen molar-refractivity contribution in [3.63, 3.8) is 0 Å². The van der Waals surface area contributed by atoms with Gasteiger partial charge >= 0.3 is 0 Å². The van der Waals surface area contributed by atoms with Crippen LogP contribution < -0.4 is 10.6 Å². The molecule has 10 heteroatoms. The Balaban J connectivity index is 0.988. The monoisotopic (exact) mass is 612 g/mol. The zero-order chi connectivity index (χ0) is 31.2. The third-order valence-electron chi connectivity index (χ3n) is 11.3. The average Bonchev–Trinajstić information content (AvgIpc) is 3.58. The van der Waals surface area contributed by atoms with Crippen LogP contribution in [-0.2, 0) is 38.1 Å². The second-order valence-electron chi connectivity index (χ2n) is 14.1. The zero-order valence-electron chi connectivity index (χ0n) is 26.2. The topological polar surface area (TPSA) is 136 Å². The fourth-order valence-corrected chi connectivity index (χ4v) is 8.33. The summed E-state index contributed by atoms with van der Waals surface area (Å²) in [5.74, 6) is -0.501. The molecule has 4 saturated heterocycles. The van der Waals surface area contributed by atoms with Crippen molar-refractivity contribution in [2.24, 2.45) is 23.7 Å². The van der Waals surface area contributed by atoms with Gasteiger partial charge in [0.25, 0.3) is 0 Å². The molecule has 2 amide bonds. The van der Waals surface area contributed by atoms with Crippen molar-refractivity contribution >= 4 is 23.4 Å². The van der Waals surface area contributed by atoms with Crippen LogP contribution in [0.3, 0.4) is 0 Å². The molecule has 2 N–H and O–H groups in total. The summed E-state index contributed by atoms with van der Waals surface area (Å²) in [6.45, 7) is 14.1. The summed E-state index contributed by atoms with van der Waals surface area (Å²) in [7, 11) is 0. The third kappa shape index (κ3) is 6.07. The van der Waals surface area contributed by atoms with Crippen LogP contribution in [0.15, 0.2) is 24.3 Å². The molecule has 10 atom stereocenters. The Kier molecular flexibility index (Phi) is 8.91. The van der Waals surface area contributed by atoms with Crippen LogP contribution in [0, 0.1) is 23.7 Å². The van der Waals surface area contributed by atoms with E-state index in [0.717, 1.165) is 25.7 Å². The highest BCUT2D eigenvalue weighted by Gasteiger charge is 2.64. The largest absolute Gasteiger partial charge is 0.375 e. The summed E-state index contributed by atoms with van der Waals surface area (Å²) in [6.07, 6.45) is 5.05. The van der Waals surface area contributed by atoms with Crippen molar-refractivity contribution in [3.8, 4) is 0 Å². The lowest BCUT2D eigenvalue weighted by Crippen LogP contribution is -2.44. The Bertz CT molecular complexity index is 1130. The summed E-state index contributed by atoms with van der Waals surface area (Å²) in [5, 5.41) is 6.23. The van der Waals surface area contributed by atoms with Gasteiger partial charge in [-0.2, -0.15) is 0 Å². The van der Waals surface area contributed by atoms with Gasteiger partial charge < -0.3 is 29.6 Å². The average molecular weight is 613 g/mol. The minimum absolute atomic E-state index is 0.00973. The molecule has 44 heavy (non-hydrogen) atoms. The molecule has 0 aromatic carbocycles. The van der Waals surface area contributed by atoms with Gasteiger partial charge in [0.15, 0.2) is 11.6 Å². The highest BCUT2D eigenvalue weighted by molar-refractivity contribution is 5.96. The molecule has 0 bridgehead atoms. The molecule has 0 aromatic rings.